The van der Waals surface area contributed by atoms with Gasteiger partial charge in [-0.2, -0.15) is 0 Å². The van der Waals surface area contributed by atoms with Gasteiger partial charge in [0.15, 0.2) is 0 Å². The van der Waals surface area contributed by atoms with Crippen LogP contribution in [0.4, 0.5) is 5.69 Å². The van der Waals surface area contributed by atoms with E-state index in [0.717, 1.165) is 11.1 Å². The van der Waals surface area contributed by atoms with Crippen LogP contribution in [0.5, 0.6) is 0 Å². The molecule has 8 nitrogen and oxygen atoms in total. The van der Waals surface area contributed by atoms with Gasteiger partial charge in [0.25, 0.3) is 0 Å². The summed E-state index contributed by atoms with van der Waals surface area (Å²) in [6.07, 6.45) is -0.0845. The third-order valence-corrected chi connectivity index (χ3v) is 7.16. The van der Waals surface area contributed by atoms with Crippen molar-refractivity contribution >= 4 is 41.0 Å². The van der Waals surface area contributed by atoms with Crippen molar-refractivity contribution in [1.29, 1.82) is 0 Å². The summed E-state index contributed by atoms with van der Waals surface area (Å²) in [6, 6.07) is 12.0. The first-order valence-corrected chi connectivity index (χ1v) is 11.1. The number of nitrogens with one attached hydrogen (secondary N) is 2. The van der Waals surface area contributed by atoms with Gasteiger partial charge in [0.2, 0.25) is 17.7 Å². The first kappa shape index (κ1) is 21.6. The number of carbonyl (C=O) groups is 4. The summed E-state index contributed by atoms with van der Waals surface area (Å²) < 4.78 is 0. The average Bonchev–Trinajstić information content (AvgIpc) is 3.35. The number of aryl methyl sites for hydroxylation is 1. The Labute approximate surface area is 194 Å². The molecule has 5 rings (SSSR count). The lowest BCUT2D eigenvalue weighted by atomic mass is 9.76. The van der Waals surface area contributed by atoms with Crippen molar-refractivity contribution in [3.8, 4) is 0 Å². The maximum absolute atomic E-state index is 13.7. The van der Waals surface area contributed by atoms with Crippen LogP contribution in [0.3, 0.4) is 0 Å². The molecule has 0 bridgehead atoms. The zero-order chi connectivity index (χ0) is 23.5. The van der Waals surface area contributed by atoms with Crippen molar-refractivity contribution in [2.24, 2.45) is 11.8 Å². The first-order valence-electron chi connectivity index (χ1n) is 10.7. The molecule has 3 aliphatic heterocycles. The minimum atomic E-state index is -1.49. The van der Waals surface area contributed by atoms with Crippen molar-refractivity contribution in [1.82, 2.24) is 10.2 Å². The van der Waals surface area contributed by atoms with E-state index >= 15 is 0 Å². The highest BCUT2D eigenvalue weighted by Gasteiger charge is 2.70. The van der Waals surface area contributed by atoms with Gasteiger partial charge in [-0.25, -0.2) is 0 Å². The molecule has 2 aromatic carbocycles. The number of imide groups is 1. The van der Waals surface area contributed by atoms with Gasteiger partial charge in [0.05, 0.1) is 29.1 Å². The molecule has 0 saturated carbocycles. The number of aliphatic carboxylic acids is 1. The Morgan fingerprint density at radius 3 is 2.58 bits per heavy atom. The topological polar surface area (TPSA) is 116 Å². The summed E-state index contributed by atoms with van der Waals surface area (Å²) in [5.41, 5.74) is 1.04. The lowest BCUT2D eigenvalue weighted by molar-refractivity contribution is -0.144. The van der Waals surface area contributed by atoms with Crippen molar-refractivity contribution in [2.45, 2.75) is 37.9 Å². The van der Waals surface area contributed by atoms with Crippen molar-refractivity contribution in [3.05, 3.63) is 64.2 Å². The molecule has 33 heavy (non-hydrogen) atoms. The second kappa shape index (κ2) is 7.67. The minimum Gasteiger partial charge on any atom is -0.481 e. The number of benzene rings is 2. The number of likely N-dealkylation sites (tertiary alicyclic amines) is 1. The van der Waals surface area contributed by atoms with Gasteiger partial charge in [-0.1, -0.05) is 48.0 Å². The maximum Gasteiger partial charge on any atom is 0.303 e. The van der Waals surface area contributed by atoms with Gasteiger partial charge in [0.1, 0.15) is 5.54 Å². The van der Waals surface area contributed by atoms with Crippen LogP contribution < -0.4 is 10.6 Å². The van der Waals surface area contributed by atoms with E-state index in [2.05, 4.69) is 10.6 Å². The van der Waals surface area contributed by atoms with Gasteiger partial charge in [-0.05, 0) is 30.5 Å². The van der Waals surface area contributed by atoms with Gasteiger partial charge >= 0.3 is 5.97 Å². The molecule has 3 heterocycles. The summed E-state index contributed by atoms with van der Waals surface area (Å²) in [5.74, 6) is -4.15. The quantitative estimate of drug-likeness (QED) is 0.582. The van der Waals surface area contributed by atoms with Gasteiger partial charge in [-0.3, -0.25) is 29.4 Å². The van der Waals surface area contributed by atoms with Crippen LogP contribution in [0.25, 0.3) is 0 Å². The molecule has 3 amide bonds. The number of halogens is 1. The van der Waals surface area contributed by atoms with E-state index in [-0.39, 0.29) is 19.4 Å². The molecule has 4 unspecified atom stereocenters. The highest BCUT2D eigenvalue weighted by molar-refractivity contribution is 6.35. The summed E-state index contributed by atoms with van der Waals surface area (Å²) in [4.78, 5) is 53.1. The van der Waals surface area contributed by atoms with Crippen LogP contribution in [-0.4, -0.2) is 39.7 Å². The third kappa shape index (κ3) is 3.16. The predicted octanol–water partition coefficient (Wildman–Crippen LogP) is 2.43. The lowest BCUT2D eigenvalue weighted by Gasteiger charge is -2.29. The second-order valence-corrected chi connectivity index (χ2v) is 9.27. The van der Waals surface area contributed by atoms with E-state index in [1.807, 2.05) is 37.3 Å². The summed E-state index contributed by atoms with van der Waals surface area (Å²) in [6.45, 7) is 1.93. The number of carbonyl (C=O) groups excluding carboxylic acids is 3. The highest BCUT2D eigenvalue weighted by Crippen LogP contribution is 2.55. The Bertz CT molecular complexity index is 1200. The van der Waals surface area contributed by atoms with E-state index in [4.69, 9.17) is 11.6 Å². The fourth-order valence-electron chi connectivity index (χ4n) is 5.50. The molecule has 3 aliphatic rings. The van der Waals surface area contributed by atoms with Crippen LogP contribution in [0.15, 0.2) is 42.5 Å². The van der Waals surface area contributed by atoms with Crippen LogP contribution in [0, 0.1) is 18.8 Å². The third-order valence-electron chi connectivity index (χ3n) is 6.86. The van der Waals surface area contributed by atoms with E-state index in [1.54, 1.807) is 12.1 Å². The van der Waals surface area contributed by atoms with E-state index in [0.29, 0.717) is 16.3 Å². The molecular weight excluding hydrogens is 446 g/mol. The van der Waals surface area contributed by atoms with Crippen molar-refractivity contribution < 1.29 is 24.3 Å². The Morgan fingerprint density at radius 1 is 1.15 bits per heavy atom. The van der Waals surface area contributed by atoms with Crippen LogP contribution in [0.2, 0.25) is 5.02 Å². The number of rotatable bonds is 5. The van der Waals surface area contributed by atoms with E-state index < -0.39 is 47.1 Å². The van der Waals surface area contributed by atoms with Crippen LogP contribution >= 0.6 is 11.6 Å². The number of carboxylic acids is 1. The Kier molecular flexibility index (Phi) is 5.02. The lowest BCUT2D eigenvalue weighted by Crippen LogP contribution is -2.53. The summed E-state index contributed by atoms with van der Waals surface area (Å²) >= 11 is 6.40. The smallest absolute Gasteiger partial charge is 0.303 e. The normalized spacial score (nSPS) is 27.8. The molecule has 170 valence electrons. The number of amides is 3. The zero-order valence-electron chi connectivity index (χ0n) is 17.8. The van der Waals surface area contributed by atoms with Gasteiger partial charge in [0, 0.05) is 18.0 Å². The SMILES string of the molecule is Cc1cc(Cl)c2c(c1)C1(NC(CCC(=O)O)C3C(=O)N(Cc4ccccc4)C(=O)C31)C(=O)N2. The highest BCUT2D eigenvalue weighted by atomic mass is 35.5. The molecule has 9 heteroatoms. The average molecular weight is 468 g/mol. The molecule has 0 aromatic heterocycles. The van der Waals surface area contributed by atoms with Crippen molar-refractivity contribution in [3.63, 3.8) is 0 Å². The number of nitrogens with zero attached hydrogens (tertiary/aromatic N) is 1. The number of carboxylic acid groups (broad SMARTS) is 1. The fraction of sp³-hybridized carbons (Fsp3) is 0.333. The monoisotopic (exact) mass is 467 g/mol. The first-order chi connectivity index (χ1) is 15.7. The van der Waals surface area contributed by atoms with Gasteiger partial charge in [-0.15, -0.1) is 0 Å². The van der Waals surface area contributed by atoms with Crippen LogP contribution in [-0.2, 0) is 31.3 Å². The standard InChI is InChI=1S/C24H22ClN3O5/c1-12-9-14-20(15(25)10-12)26-23(33)24(14)19-18(16(27-24)7-8-17(29)30)21(31)28(22(19)32)11-13-5-3-2-4-6-13/h2-6,9-10,16,18-19,27H,7-8,11H2,1H3,(H,26,33)(H,29,30). The van der Waals surface area contributed by atoms with Crippen LogP contribution in [0.1, 0.15) is 29.5 Å². The Balaban J connectivity index is 1.62. The molecule has 1 spiro atoms. The Hall–Kier alpha value is -3.23. The Morgan fingerprint density at radius 2 is 1.88 bits per heavy atom. The molecule has 0 radical (unpaired) electrons. The van der Waals surface area contributed by atoms with E-state index in [1.165, 1.54) is 4.90 Å². The van der Waals surface area contributed by atoms with Crippen molar-refractivity contribution in [2.75, 3.05) is 5.32 Å². The largest absolute Gasteiger partial charge is 0.481 e. The maximum atomic E-state index is 13.7. The minimum absolute atomic E-state index is 0.0935. The molecule has 2 fully saturated rings. The number of hydrogen-bond acceptors (Lipinski definition) is 5. The van der Waals surface area contributed by atoms with E-state index in [9.17, 15) is 24.3 Å². The molecule has 2 aromatic rings. The number of anilines is 1. The van der Waals surface area contributed by atoms with Gasteiger partial charge < -0.3 is 10.4 Å². The second-order valence-electron chi connectivity index (χ2n) is 8.87. The number of fused-ring (bicyclic) bond motifs is 4. The molecule has 0 aliphatic carbocycles. The molecule has 2 saturated heterocycles. The molecule has 4 atom stereocenters. The summed E-state index contributed by atoms with van der Waals surface area (Å²) in [5, 5.41) is 15.6. The fourth-order valence-corrected chi connectivity index (χ4v) is 5.82. The molecule has 3 N–H and O–H groups in total. The zero-order valence-corrected chi connectivity index (χ0v) is 18.6. The molecular formula is C24H22ClN3O5. The summed E-state index contributed by atoms with van der Waals surface area (Å²) in [7, 11) is 0. The number of hydrogen-bond donors (Lipinski definition) is 3. The predicted molar refractivity (Wildman–Crippen MR) is 119 cm³/mol.